The van der Waals surface area contributed by atoms with Gasteiger partial charge in [-0.1, -0.05) is 0 Å². The van der Waals surface area contributed by atoms with Crippen molar-refractivity contribution in [1.82, 2.24) is 9.55 Å². The van der Waals surface area contributed by atoms with Gasteiger partial charge < -0.3 is 9.30 Å². The van der Waals surface area contributed by atoms with Crippen LogP contribution in [0.5, 0.6) is 0 Å². The van der Waals surface area contributed by atoms with Crippen LogP contribution in [0.4, 0.5) is 4.39 Å². The molecule has 0 N–H and O–H groups in total. The molecular formula is C21H19FN2O3S. The van der Waals surface area contributed by atoms with Gasteiger partial charge in [-0.25, -0.2) is 14.2 Å². The summed E-state index contributed by atoms with van der Waals surface area (Å²) >= 11 is 1.33. The van der Waals surface area contributed by atoms with Crippen molar-refractivity contribution in [1.29, 1.82) is 0 Å². The Labute approximate surface area is 166 Å². The lowest BCUT2D eigenvalue weighted by Crippen LogP contribution is -2.15. The number of halogens is 1. The van der Waals surface area contributed by atoms with Gasteiger partial charge in [-0.05, 0) is 62.6 Å². The second-order valence-electron chi connectivity index (χ2n) is 6.16. The number of rotatable bonds is 6. The Kier molecular flexibility index (Phi) is 5.94. The number of hydrogen-bond donors (Lipinski definition) is 0. The van der Waals surface area contributed by atoms with E-state index in [2.05, 4.69) is 4.98 Å². The van der Waals surface area contributed by atoms with Crippen molar-refractivity contribution in [2.75, 3.05) is 12.9 Å². The molecule has 0 saturated heterocycles. The predicted octanol–water partition coefficient (Wildman–Crippen LogP) is 4.39. The highest BCUT2D eigenvalue weighted by molar-refractivity contribution is 7.98. The zero-order valence-corrected chi connectivity index (χ0v) is 16.5. The summed E-state index contributed by atoms with van der Waals surface area (Å²) in [6, 6.07) is 11.0. The maximum atomic E-state index is 13.2. The minimum absolute atomic E-state index is 0.301. The van der Waals surface area contributed by atoms with Gasteiger partial charge in [0.1, 0.15) is 10.8 Å². The molecular weight excluding hydrogens is 379 g/mol. The number of carbonyl (C=O) groups is 2. The van der Waals surface area contributed by atoms with Crippen molar-refractivity contribution < 1.29 is 18.7 Å². The molecule has 0 unspecified atom stereocenters. The number of Topliss-reactive ketones (excluding diaryl/α,β-unsaturated/α-hetero) is 1. The average Bonchev–Trinajstić information content (AvgIpc) is 3.00. The summed E-state index contributed by atoms with van der Waals surface area (Å²) in [5.41, 5.74) is 3.09. The lowest BCUT2D eigenvalue weighted by atomic mass is 10.1. The zero-order chi connectivity index (χ0) is 20.3. The largest absolute Gasteiger partial charge is 0.454 e. The number of benzene rings is 1. The average molecular weight is 398 g/mol. The van der Waals surface area contributed by atoms with Crippen LogP contribution in [-0.4, -0.2) is 34.2 Å². The first-order valence-corrected chi connectivity index (χ1v) is 9.79. The van der Waals surface area contributed by atoms with E-state index in [0.717, 1.165) is 11.4 Å². The molecule has 5 nitrogen and oxygen atoms in total. The van der Waals surface area contributed by atoms with E-state index in [-0.39, 0.29) is 18.2 Å². The highest BCUT2D eigenvalue weighted by atomic mass is 32.2. The highest BCUT2D eigenvalue weighted by Gasteiger charge is 2.20. The molecule has 0 aliphatic heterocycles. The normalized spacial score (nSPS) is 10.7. The lowest BCUT2D eigenvalue weighted by Gasteiger charge is -2.10. The number of thioether (sulfide) groups is 1. The Hall–Kier alpha value is -2.93. The minimum atomic E-state index is -0.585. The second kappa shape index (κ2) is 8.39. The van der Waals surface area contributed by atoms with Crippen LogP contribution in [0.15, 0.2) is 53.7 Å². The number of ether oxygens (including phenoxy) is 1. The number of hydrogen-bond acceptors (Lipinski definition) is 5. The highest BCUT2D eigenvalue weighted by Crippen LogP contribution is 2.22. The van der Waals surface area contributed by atoms with Crippen molar-refractivity contribution in [3.8, 4) is 5.69 Å². The Bertz CT molecular complexity index is 1030. The minimum Gasteiger partial charge on any atom is -0.454 e. The summed E-state index contributed by atoms with van der Waals surface area (Å²) in [4.78, 5) is 29.1. The first-order valence-electron chi connectivity index (χ1n) is 8.56. The summed E-state index contributed by atoms with van der Waals surface area (Å²) in [6.45, 7) is 3.30. The third-order valence-electron chi connectivity index (χ3n) is 4.34. The van der Waals surface area contributed by atoms with Gasteiger partial charge in [-0.2, -0.15) is 0 Å². The second-order valence-corrected chi connectivity index (χ2v) is 6.95. The van der Waals surface area contributed by atoms with Crippen molar-refractivity contribution in [3.05, 3.63) is 77.0 Å². The van der Waals surface area contributed by atoms with Crippen LogP contribution < -0.4 is 0 Å². The fraction of sp³-hybridized carbons (Fsp3) is 0.190. The molecule has 0 amide bonds. The molecule has 3 rings (SSSR count). The molecule has 0 aliphatic rings. The third-order valence-corrected chi connectivity index (χ3v) is 5.05. The van der Waals surface area contributed by atoms with E-state index in [1.807, 2.05) is 17.7 Å². The summed E-state index contributed by atoms with van der Waals surface area (Å²) in [5.74, 6) is -1.21. The van der Waals surface area contributed by atoms with Crippen molar-refractivity contribution in [3.63, 3.8) is 0 Å². The zero-order valence-electron chi connectivity index (χ0n) is 15.7. The molecule has 0 aliphatic carbocycles. The maximum absolute atomic E-state index is 13.2. The number of aryl methyl sites for hydroxylation is 1. The Morgan fingerprint density at radius 3 is 2.54 bits per heavy atom. The SMILES string of the molecule is CSc1ncccc1C(=O)OCC(=O)c1cc(C)n(-c2ccc(F)cc2)c1C. The smallest absolute Gasteiger partial charge is 0.341 e. The quantitative estimate of drug-likeness (QED) is 0.350. The van der Waals surface area contributed by atoms with E-state index in [0.29, 0.717) is 21.8 Å². The van der Waals surface area contributed by atoms with Crippen LogP contribution in [-0.2, 0) is 4.74 Å². The van der Waals surface area contributed by atoms with E-state index >= 15 is 0 Å². The monoisotopic (exact) mass is 398 g/mol. The van der Waals surface area contributed by atoms with Gasteiger partial charge in [-0.15, -0.1) is 11.8 Å². The molecule has 0 spiro atoms. The molecule has 0 bridgehead atoms. The Balaban J connectivity index is 1.77. The molecule has 144 valence electrons. The molecule has 0 fully saturated rings. The number of pyridine rings is 1. The fourth-order valence-electron chi connectivity index (χ4n) is 3.03. The van der Waals surface area contributed by atoms with Crippen molar-refractivity contribution in [2.24, 2.45) is 0 Å². The summed E-state index contributed by atoms with van der Waals surface area (Å²) in [6.07, 6.45) is 3.41. The third kappa shape index (κ3) is 3.99. The molecule has 3 aromatic rings. The topological polar surface area (TPSA) is 61.2 Å². The first kappa shape index (κ1) is 19.8. The lowest BCUT2D eigenvalue weighted by molar-refractivity contribution is 0.0470. The van der Waals surface area contributed by atoms with Crippen LogP contribution >= 0.6 is 11.8 Å². The standard InChI is InChI=1S/C21H19FN2O3S/c1-13-11-18(14(2)24(13)16-8-6-15(22)7-9-16)19(25)12-27-21(26)17-5-4-10-23-20(17)28-3/h4-11H,12H2,1-3H3. The molecule has 1 aromatic carbocycles. The van der Waals surface area contributed by atoms with Crippen molar-refractivity contribution in [2.45, 2.75) is 18.9 Å². The molecule has 0 radical (unpaired) electrons. The molecule has 0 atom stereocenters. The van der Waals surface area contributed by atoms with E-state index in [4.69, 9.17) is 4.74 Å². The van der Waals surface area contributed by atoms with Crippen LogP contribution in [0.2, 0.25) is 0 Å². The summed E-state index contributed by atoms with van der Waals surface area (Å²) < 4.78 is 20.3. The summed E-state index contributed by atoms with van der Waals surface area (Å²) in [5, 5.41) is 0.550. The van der Waals surface area contributed by atoms with Crippen LogP contribution in [0, 0.1) is 19.7 Å². The first-order chi connectivity index (χ1) is 13.4. The van der Waals surface area contributed by atoms with Gasteiger partial charge in [0.2, 0.25) is 5.78 Å². The Morgan fingerprint density at radius 1 is 1.14 bits per heavy atom. The van der Waals surface area contributed by atoms with E-state index in [9.17, 15) is 14.0 Å². The number of aromatic nitrogens is 2. The van der Waals surface area contributed by atoms with E-state index < -0.39 is 5.97 Å². The number of esters is 1. The molecule has 28 heavy (non-hydrogen) atoms. The number of carbonyl (C=O) groups excluding carboxylic acids is 2. The van der Waals surface area contributed by atoms with Crippen LogP contribution in [0.3, 0.4) is 0 Å². The molecule has 0 saturated carbocycles. The van der Waals surface area contributed by atoms with Gasteiger partial charge in [0.05, 0.1) is 5.56 Å². The fourth-order valence-corrected chi connectivity index (χ4v) is 3.57. The van der Waals surface area contributed by atoms with E-state index in [1.54, 1.807) is 43.5 Å². The molecule has 2 aromatic heterocycles. The Morgan fingerprint density at radius 2 is 1.86 bits per heavy atom. The van der Waals surface area contributed by atoms with Gasteiger partial charge in [0.25, 0.3) is 0 Å². The molecule has 2 heterocycles. The van der Waals surface area contributed by atoms with Gasteiger partial charge in [-0.3, -0.25) is 4.79 Å². The van der Waals surface area contributed by atoms with Gasteiger partial charge in [0.15, 0.2) is 6.61 Å². The van der Waals surface area contributed by atoms with E-state index in [1.165, 1.54) is 23.9 Å². The predicted molar refractivity (Wildman–Crippen MR) is 106 cm³/mol. The van der Waals surface area contributed by atoms with Crippen LogP contribution in [0.1, 0.15) is 32.1 Å². The summed E-state index contributed by atoms with van der Waals surface area (Å²) in [7, 11) is 0. The molecule has 7 heteroatoms. The van der Waals surface area contributed by atoms with Crippen molar-refractivity contribution >= 4 is 23.5 Å². The van der Waals surface area contributed by atoms with Gasteiger partial charge in [0, 0.05) is 28.8 Å². The van der Waals surface area contributed by atoms with Crippen LogP contribution in [0.25, 0.3) is 5.69 Å². The van der Waals surface area contributed by atoms with Gasteiger partial charge >= 0.3 is 5.97 Å². The number of ketones is 1. The maximum Gasteiger partial charge on any atom is 0.341 e. The number of nitrogens with zero attached hydrogens (tertiary/aromatic N) is 2.